The van der Waals surface area contributed by atoms with E-state index in [0.717, 1.165) is 0 Å². The fourth-order valence-electron chi connectivity index (χ4n) is 1.49. The number of amides is 1. The molecule has 1 aromatic rings. The second-order valence-corrected chi connectivity index (χ2v) is 4.01. The Kier molecular flexibility index (Phi) is 5.38. The first-order valence-corrected chi connectivity index (χ1v) is 5.75. The van der Waals surface area contributed by atoms with Gasteiger partial charge in [-0.3, -0.25) is 0 Å². The van der Waals surface area contributed by atoms with Crippen molar-refractivity contribution in [3.05, 3.63) is 47.0 Å². The van der Waals surface area contributed by atoms with E-state index in [0.29, 0.717) is 10.6 Å². The Morgan fingerprint density at radius 2 is 1.89 bits per heavy atom. The molecular weight excluding hydrogens is 270 g/mol. The molecule has 1 unspecified atom stereocenters. The second kappa shape index (κ2) is 6.80. The molecule has 1 aromatic carbocycles. The average molecular weight is 284 g/mol. The molecule has 6 heteroatoms. The van der Waals surface area contributed by atoms with E-state index < -0.39 is 18.1 Å². The maximum absolute atomic E-state index is 11.6. The van der Waals surface area contributed by atoms with Gasteiger partial charge < -0.3 is 14.8 Å². The van der Waals surface area contributed by atoms with E-state index in [1.807, 2.05) is 0 Å². The van der Waals surface area contributed by atoms with E-state index in [9.17, 15) is 9.59 Å². The van der Waals surface area contributed by atoms with Crippen molar-refractivity contribution in [2.24, 2.45) is 0 Å². The minimum absolute atomic E-state index is 0.0565. The van der Waals surface area contributed by atoms with Gasteiger partial charge in [0.25, 0.3) is 0 Å². The fourth-order valence-corrected chi connectivity index (χ4v) is 1.73. The van der Waals surface area contributed by atoms with Gasteiger partial charge in [-0.15, -0.1) is 0 Å². The van der Waals surface area contributed by atoms with Crippen LogP contribution in [0.3, 0.4) is 0 Å². The summed E-state index contributed by atoms with van der Waals surface area (Å²) in [6.07, 6.45) is -0.699. The molecule has 0 saturated carbocycles. The Bertz CT molecular complexity index is 501. The van der Waals surface area contributed by atoms with E-state index in [4.69, 9.17) is 11.6 Å². The lowest BCUT2D eigenvalue weighted by Crippen LogP contribution is -2.32. The first-order chi connectivity index (χ1) is 9.01. The summed E-state index contributed by atoms with van der Waals surface area (Å²) in [6, 6.07) is 5.98. The monoisotopic (exact) mass is 283 g/mol. The predicted octanol–water partition coefficient (Wildman–Crippen LogP) is 2.47. The molecule has 0 fully saturated rings. The number of benzene rings is 1. The number of alkyl carbamates (subject to hydrolysis) is 1. The lowest BCUT2D eigenvalue weighted by atomic mass is 10.00. The summed E-state index contributed by atoms with van der Waals surface area (Å²) < 4.78 is 9.12. The van der Waals surface area contributed by atoms with Crippen LogP contribution in [0.25, 0.3) is 0 Å². The molecule has 0 spiro atoms. The zero-order valence-corrected chi connectivity index (χ0v) is 11.4. The number of rotatable bonds is 4. The van der Waals surface area contributed by atoms with Gasteiger partial charge in [-0.05, 0) is 11.6 Å². The third-order valence-corrected chi connectivity index (χ3v) is 2.80. The zero-order valence-electron chi connectivity index (χ0n) is 10.6. The van der Waals surface area contributed by atoms with E-state index in [-0.39, 0.29) is 5.57 Å². The molecular formula is C13H14ClNO4. The molecule has 0 bridgehead atoms. The van der Waals surface area contributed by atoms with Gasteiger partial charge in [0.2, 0.25) is 0 Å². The topological polar surface area (TPSA) is 64.6 Å². The molecule has 0 aliphatic carbocycles. The number of hydrogen-bond donors (Lipinski definition) is 1. The van der Waals surface area contributed by atoms with Crippen LogP contribution in [0.2, 0.25) is 5.02 Å². The first-order valence-electron chi connectivity index (χ1n) is 5.37. The van der Waals surface area contributed by atoms with Crippen molar-refractivity contribution in [3.8, 4) is 0 Å². The SMILES string of the molecule is C=C(C(=O)OC)C(NC(=O)OC)c1ccccc1Cl. The molecule has 0 saturated heterocycles. The standard InChI is InChI=1S/C13H14ClNO4/c1-8(12(16)18-2)11(15-13(17)19-3)9-6-4-5-7-10(9)14/h4-7,11H,1H2,2-3H3,(H,15,17). The molecule has 0 heterocycles. The lowest BCUT2D eigenvalue weighted by molar-refractivity contribution is -0.136. The first kappa shape index (κ1) is 15.0. The molecule has 0 aliphatic rings. The molecule has 5 nitrogen and oxygen atoms in total. The Hall–Kier alpha value is -2.01. The van der Waals surface area contributed by atoms with Gasteiger partial charge in [-0.25, -0.2) is 9.59 Å². The van der Waals surface area contributed by atoms with Crippen LogP contribution in [0.15, 0.2) is 36.4 Å². The van der Waals surface area contributed by atoms with Crippen LogP contribution in [-0.4, -0.2) is 26.3 Å². The van der Waals surface area contributed by atoms with Crippen LogP contribution in [0.1, 0.15) is 11.6 Å². The molecule has 0 radical (unpaired) electrons. The fraction of sp³-hybridized carbons (Fsp3) is 0.231. The van der Waals surface area contributed by atoms with Crippen molar-refractivity contribution >= 4 is 23.7 Å². The van der Waals surface area contributed by atoms with Gasteiger partial charge >= 0.3 is 12.1 Å². The highest BCUT2D eigenvalue weighted by molar-refractivity contribution is 6.31. The van der Waals surface area contributed by atoms with Crippen LogP contribution in [0.5, 0.6) is 0 Å². The van der Waals surface area contributed by atoms with Crippen molar-refractivity contribution in [3.63, 3.8) is 0 Å². The summed E-state index contributed by atoms with van der Waals surface area (Å²) in [5.74, 6) is -0.638. The quantitative estimate of drug-likeness (QED) is 0.681. The minimum Gasteiger partial charge on any atom is -0.466 e. The number of nitrogens with one attached hydrogen (secondary N) is 1. The van der Waals surface area contributed by atoms with Gasteiger partial charge in [0.1, 0.15) is 0 Å². The maximum Gasteiger partial charge on any atom is 0.407 e. The molecule has 19 heavy (non-hydrogen) atoms. The summed E-state index contributed by atoms with van der Waals surface area (Å²) >= 11 is 6.05. The summed E-state index contributed by atoms with van der Waals surface area (Å²) in [5.41, 5.74) is 0.589. The molecule has 0 aromatic heterocycles. The Morgan fingerprint density at radius 1 is 1.26 bits per heavy atom. The van der Waals surface area contributed by atoms with Crippen molar-refractivity contribution < 1.29 is 19.1 Å². The Labute approximate surface area is 116 Å². The van der Waals surface area contributed by atoms with Gasteiger partial charge in [-0.2, -0.15) is 0 Å². The van der Waals surface area contributed by atoms with Crippen LogP contribution in [0, 0.1) is 0 Å². The summed E-state index contributed by atoms with van der Waals surface area (Å²) in [5, 5.41) is 2.89. The largest absolute Gasteiger partial charge is 0.466 e. The third-order valence-electron chi connectivity index (χ3n) is 2.46. The number of esters is 1. The minimum atomic E-state index is -0.811. The summed E-state index contributed by atoms with van der Waals surface area (Å²) in [4.78, 5) is 22.9. The number of hydrogen-bond acceptors (Lipinski definition) is 4. The summed E-state index contributed by atoms with van der Waals surface area (Å²) in [7, 11) is 2.45. The normalized spacial score (nSPS) is 11.3. The van der Waals surface area contributed by atoms with Crippen molar-refractivity contribution in [2.75, 3.05) is 14.2 Å². The molecule has 1 rings (SSSR count). The average Bonchev–Trinajstić information content (AvgIpc) is 2.43. The number of halogens is 1. The van der Waals surface area contributed by atoms with Gasteiger partial charge in [0, 0.05) is 5.02 Å². The molecule has 0 aliphatic heterocycles. The smallest absolute Gasteiger partial charge is 0.407 e. The van der Waals surface area contributed by atoms with E-state index in [2.05, 4.69) is 21.4 Å². The molecule has 1 atom stereocenters. The van der Waals surface area contributed by atoms with Crippen molar-refractivity contribution in [1.82, 2.24) is 5.32 Å². The lowest BCUT2D eigenvalue weighted by Gasteiger charge is -2.20. The number of methoxy groups -OCH3 is 2. The van der Waals surface area contributed by atoms with Crippen molar-refractivity contribution in [2.45, 2.75) is 6.04 Å². The molecule has 102 valence electrons. The van der Waals surface area contributed by atoms with Crippen LogP contribution in [0.4, 0.5) is 4.79 Å². The predicted molar refractivity (Wildman–Crippen MR) is 70.9 cm³/mol. The van der Waals surface area contributed by atoms with E-state index in [1.165, 1.54) is 14.2 Å². The number of ether oxygens (including phenoxy) is 2. The van der Waals surface area contributed by atoms with Gasteiger partial charge in [0.15, 0.2) is 0 Å². The van der Waals surface area contributed by atoms with Gasteiger partial charge in [0.05, 0.1) is 25.8 Å². The van der Waals surface area contributed by atoms with Crippen LogP contribution >= 0.6 is 11.6 Å². The number of carbonyl (C=O) groups is 2. The van der Waals surface area contributed by atoms with Crippen molar-refractivity contribution in [1.29, 1.82) is 0 Å². The Morgan fingerprint density at radius 3 is 2.42 bits per heavy atom. The zero-order chi connectivity index (χ0) is 14.4. The number of carbonyl (C=O) groups excluding carboxylic acids is 2. The summed E-state index contributed by atoms with van der Waals surface area (Å²) in [6.45, 7) is 3.63. The van der Waals surface area contributed by atoms with E-state index in [1.54, 1.807) is 24.3 Å². The second-order valence-electron chi connectivity index (χ2n) is 3.61. The Balaban J connectivity index is 3.12. The highest BCUT2D eigenvalue weighted by atomic mass is 35.5. The molecule has 1 amide bonds. The highest BCUT2D eigenvalue weighted by Crippen LogP contribution is 2.28. The highest BCUT2D eigenvalue weighted by Gasteiger charge is 2.25. The third kappa shape index (κ3) is 3.72. The van der Waals surface area contributed by atoms with Crippen LogP contribution < -0.4 is 5.32 Å². The van der Waals surface area contributed by atoms with Crippen LogP contribution in [-0.2, 0) is 14.3 Å². The van der Waals surface area contributed by atoms with Gasteiger partial charge in [-0.1, -0.05) is 36.4 Å². The molecule has 1 N–H and O–H groups in total. The van der Waals surface area contributed by atoms with E-state index >= 15 is 0 Å². The maximum atomic E-state index is 11.6.